The minimum absolute atomic E-state index is 0.164. The van der Waals surface area contributed by atoms with Crippen LogP contribution in [0.25, 0.3) is 11.3 Å². The van der Waals surface area contributed by atoms with Gasteiger partial charge in [-0.15, -0.1) is 11.3 Å². The molecule has 0 unspecified atom stereocenters. The van der Waals surface area contributed by atoms with Gasteiger partial charge in [-0.3, -0.25) is 0 Å². The number of nitrogens with zero attached hydrogens (tertiary/aromatic N) is 2. The molecule has 1 aliphatic rings. The van der Waals surface area contributed by atoms with E-state index >= 15 is 0 Å². The summed E-state index contributed by atoms with van der Waals surface area (Å²) in [6, 6.07) is 24.1. The molecular weight excluding hydrogens is 466 g/mol. The van der Waals surface area contributed by atoms with E-state index in [1.807, 2.05) is 17.3 Å². The lowest BCUT2D eigenvalue weighted by Gasteiger charge is -2.22. The number of carbonyl (C=O) groups excluding carboxylic acids is 1. The molecule has 0 atom stereocenters. The van der Waals surface area contributed by atoms with Crippen LogP contribution in [0.2, 0.25) is 0 Å². The van der Waals surface area contributed by atoms with Gasteiger partial charge in [-0.05, 0) is 59.7 Å². The minimum atomic E-state index is -1.17. The van der Waals surface area contributed by atoms with Crippen molar-refractivity contribution >= 4 is 33.8 Å². The van der Waals surface area contributed by atoms with Crippen molar-refractivity contribution in [1.29, 1.82) is 0 Å². The van der Waals surface area contributed by atoms with E-state index in [0.717, 1.165) is 40.2 Å². The Kier molecular flexibility index (Phi) is 7.33. The number of aromatic nitrogens is 1. The molecular formula is C30H30N3O2S-. The van der Waals surface area contributed by atoms with Gasteiger partial charge in [0.15, 0.2) is 5.13 Å². The lowest BCUT2D eigenvalue weighted by molar-refractivity contribution is -0.255. The van der Waals surface area contributed by atoms with Crippen molar-refractivity contribution in [3.05, 3.63) is 94.9 Å². The molecule has 0 radical (unpaired) electrons. The van der Waals surface area contributed by atoms with E-state index in [1.54, 1.807) is 35.6 Å². The quantitative estimate of drug-likeness (QED) is 0.298. The highest BCUT2D eigenvalue weighted by atomic mass is 32.1. The molecule has 0 amide bonds. The van der Waals surface area contributed by atoms with Gasteiger partial charge in [-0.1, -0.05) is 67.8 Å². The highest BCUT2D eigenvalue weighted by molar-refractivity contribution is 7.14. The molecule has 6 heteroatoms. The third kappa shape index (κ3) is 5.60. The van der Waals surface area contributed by atoms with Crippen LogP contribution in [0.4, 0.5) is 16.5 Å². The summed E-state index contributed by atoms with van der Waals surface area (Å²) in [7, 11) is 1.92. The summed E-state index contributed by atoms with van der Waals surface area (Å²) in [5.74, 6) is -0.430. The van der Waals surface area contributed by atoms with Crippen LogP contribution in [0.1, 0.15) is 59.5 Å². The number of thiazole rings is 1. The van der Waals surface area contributed by atoms with Gasteiger partial charge >= 0.3 is 0 Å². The molecule has 0 saturated heterocycles. The molecule has 5 nitrogen and oxygen atoms in total. The number of nitrogens with one attached hydrogen (secondary N) is 1. The van der Waals surface area contributed by atoms with E-state index < -0.39 is 5.97 Å². The third-order valence-electron chi connectivity index (χ3n) is 7.00. The Morgan fingerprint density at radius 2 is 1.67 bits per heavy atom. The Labute approximate surface area is 216 Å². The molecule has 36 heavy (non-hydrogen) atoms. The van der Waals surface area contributed by atoms with Gasteiger partial charge in [0, 0.05) is 35.9 Å². The van der Waals surface area contributed by atoms with Crippen molar-refractivity contribution in [1.82, 2.24) is 4.98 Å². The molecule has 1 fully saturated rings. The molecule has 4 aromatic rings. The molecule has 1 N–H and O–H groups in total. The van der Waals surface area contributed by atoms with Gasteiger partial charge in [-0.2, -0.15) is 0 Å². The summed E-state index contributed by atoms with van der Waals surface area (Å²) < 4.78 is 0. The normalized spacial score (nSPS) is 13.9. The molecule has 1 saturated carbocycles. The molecule has 3 aromatic carbocycles. The predicted octanol–water partition coefficient (Wildman–Crippen LogP) is 6.60. The van der Waals surface area contributed by atoms with Crippen LogP contribution in [-0.2, 0) is 6.54 Å². The predicted molar refractivity (Wildman–Crippen MR) is 146 cm³/mol. The van der Waals surface area contributed by atoms with Crippen LogP contribution in [0, 0.1) is 0 Å². The minimum Gasteiger partial charge on any atom is -0.545 e. The molecule has 1 heterocycles. The molecule has 1 aromatic heterocycles. The van der Waals surface area contributed by atoms with Gasteiger partial charge < -0.3 is 20.1 Å². The van der Waals surface area contributed by atoms with E-state index in [9.17, 15) is 9.90 Å². The number of aromatic carboxylic acids is 1. The van der Waals surface area contributed by atoms with E-state index in [0.29, 0.717) is 0 Å². The maximum atomic E-state index is 11.0. The molecule has 0 aliphatic heterocycles. The van der Waals surface area contributed by atoms with Crippen molar-refractivity contribution in [3.8, 4) is 11.3 Å². The zero-order chi connectivity index (χ0) is 24.9. The summed E-state index contributed by atoms with van der Waals surface area (Å²) in [6.07, 6.45) is 6.78. The topological polar surface area (TPSA) is 68.3 Å². The zero-order valence-electron chi connectivity index (χ0n) is 20.4. The van der Waals surface area contributed by atoms with Crippen LogP contribution in [-0.4, -0.2) is 18.0 Å². The molecule has 0 spiro atoms. The summed E-state index contributed by atoms with van der Waals surface area (Å²) in [5, 5.41) is 17.4. The number of carboxylic acid groups (broad SMARTS) is 1. The summed E-state index contributed by atoms with van der Waals surface area (Å²) >= 11 is 1.55. The average molecular weight is 497 g/mol. The van der Waals surface area contributed by atoms with Crippen molar-refractivity contribution < 1.29 is 9.90 Å². The number of hydrogen-bond acceptors (Lipinski definition) is 6. The summed E-state index contributed by atoms with van der Waals surface area (Å²) in [6.45, 7) is 0.798. The summed E-state index contributed by atoms with van der Waals surface area (Å²) in [5.41, 5.74) is 6.86. The molecule has 0 bridgehead atoms. The number of benzene rings is 3. The second kappa shape index (κ2) is 11.0. The van der Waals surface area contributed by atoms with Gasteiger partial charge in [0.05, 0.1) is 11.7 Å². The van der Waals surface area contributed by atoms with Crippen molar-refractivity contribution in [2.75, 3.05) is 17.3 Å². The van der Waals surface area contributed by atoms with Crippen LogP contribution in [0.3, 0.4) is 0 Å². The summed E-state index contributed by atoms with van der Waals surface area (Å²) in [4.78, 5) is 17.7. The van der Waals surface area contributed by atoms with E-state index in [-0.39, 0.29) is 5.56 Å². The number of carbonyl (C=O) groups is 1. The highest BCUT2D eigenvalue weighted by Crippen LogP contribution is 2.33. The lowest BCUT2D eigenvalue weighted by Crippen LogP contribution is -2.22. The molecule has 1 aliphatic carbocycles. The second-order valence-corrected chi connectivity index (χ2v) is 10.3. The van der Waals surface area contributed by atoms with Crippen molar-refractivity contribution in [2.45, 2.75) is 44.6 Å². The van der Waals surface area contributed by atoms with Gasteiger partial charge in [0.2, 0.25) is 0 Å². The Balaban J connectivity index is 1.18. The molecule has 184 valence electrons. The monoisotopic (exact) mass is 496 g/mol. The SMILES string of the molecule is CN(c1ccc(C(=O)[O-])cc1)c1nc(-c2ccc(NCc3ccc(C4CCCCC4)cc3)cc2)cs1. The number of hydrogen-bond donors (Lipinski definition) is 1. The lowest BCUT2D eigenvalue weighted by atomic mass is 9.84. The Hall–Kier alpha value is -3.64. The Morgan fingerprint density at radius 3 is 2.33 bits per heavy atom. The fraction of sp³-hybridized carbons (Fsp3) is 0.267. The standard InChI is InChI=1S/C30H31N3O2S/c1-33(27-17-13-25(14-18-27)29(34)35)30-32-28(20-36-30)24-11-15-26(16-12-24)31-19-21-7-9-23(10-8-21)22-5-3-2-4-6-22/h7-18,20,22,31H,2-6,19H2,1H3,(H,34,35)/p-1. The highest BCUT2D eigenvalue weighted by Gasteiger charge is 2.15. The second-order valence-electron chi connectivity index (χ2n) is 9.42. The van der Waals surface area contributed by atoms with Crippen molar-refractivity contribution in [3.63, 3.8) is 0 Å². The zero-order valence-corrected chi connectivity index (χ0v) is 21.3. The molecule has 5 rings (SSSR count). The van der Waals surface area contributed by atoms with Gasteiger partial charge in [0.25, 0.3) is 0 Å². The first-order chi connectivity index (χ1) is 17.6. The first kappa shape index (κ1) is 24.1. The van der Waals surface area contributed by atoms with Crippen LogP contribution in [0.5, 0.6) is 0 Å². The number of carboxylic acids is 1. The maximum absolute atomic E-state index is 11.0. The average Bonchev–Trinajstić information content (AvgIpc) is 3.43. The van der Waals surface area contributed by atoms with Gasteiger partial charge in [-0.25, -0.2) is 4.98 Å². The van der Waals surface area contributed by atoms with E-state index in [1.165, 1.54) is 43.2 Å². The fourth-order valence-corrected chi connectivity index (χ4v) is 5.61. The van der Waals surface area contributed by atoms with Crippen LogP contribution < -0.4 is 15.3 Å². The van der Waals surface area contributed by atoms with Crippen molar-refractivity contribution in [2.24, 2.45) is 0 Å². The fourth-order valence-electron chi connectivity index (χ4n) is 4.79. The van der Waals surface area contributed by atoms with Crippen LogP contribution >= 0.6 is 11.3 Å². The largest absolute Gasteiger partial charge is 0.545 e. The Bertz CT molecular complexity index is 1290. The number of rotatable bonds is 8. The van der Waals surface area contributed by atoms with Crippen LogP contribution in [0.15, 0.2) is 78.2 Å². The smallest absolute Gasteiger partial charge is 0.190 e. The maximum Gasteiger partial charge on any atom is 0.190 e. The van der Waals surface area contributed by atoms with E-state index in [4.69, 9.17) is 4.98 Å². The van der Waals surface area contributed by atoms with E-state index in [2.05, 4.69) is 53.8 Å². The first-order valence-corrected chi connectivity index (χ1v) is 13.4. The number of anilines is 3. The Morgan fingerprint density at radius 1 is 0.972 bits per heavy atom. The van der Waals surface area contributed by atoms with Gasteiger partial charge in [0.1, 0.15) is 0 Å². The third-order valence-corrected chi connectivity index (χ3v) is 7.92. The first-order valence-electron chi connectivity index (χ1n) is 12.5.